The first kappa shape index (κ1) is 22.0. The summed E-state index contributed by atoms with van der Waals surface area (Å²) in [5.41, 5.74) is 0. The highest BCUT2D eigenvalue weighted by Gasteiger charge is 2.23. The van der Waals surface area contributed by atoms with E-state index in [1.165, 1.54) is 70.6 Å². The molecule has 0 bridgehead atoms. The van der Waals surface area contributed by atoms with Gasteiger partial charge in [0.15, 0.2) is 0 Å². The SMILES string of the molecule is CCCCCCCCCCCCCC(=O)OCCNC(=O)CC1CC1. The second-order valence-electron chi connectivity index (χ2n) is 7.50. The number of nitrogens with one attached hydrogen (secondary N) is 1. The first-order valence-electron chi connectivity index (χ1n) is 10.6. The molecule has 1 fully saturated rings. The van der Waals surface area contributed by atoms with E-state index in [9.17, 15) is 9.59 Å². The van der Waals surface area contributed by atoms with Crippen LogP contribution in [0.25, 0.3) is 0 Å². The van der Waals surface area contributed by atoms with Crippen LogP contribution in [-0.2, 0) is 14.3 Å². The normalized spacial score (nSPS) is 13.6. The summed E-state index contributed by atoms with van der Waals surface area (Å²) < 4.78 is 5.15. The third-order valence-electron chi connectivity index (χ3n) is 4.84. The van der Waals surface area contributed by atoms with Crippen molar-refractivity contribution in [1.82, 2.24) is 5.32 Å². The minimum absolute atomic E-state index is 0.0870. The van der Waals surface area contributed by atoms with Crippen LogP contribution in [0, 0.1) is 5.92 Å². The molecule has 146 valence electrons. The number of unbranched alkanes of at least 4 members (excludes halogenated alkanes) is 10. The highest BCUT2D eigenvalue weighted by molar-refractivity contribution is 5.76. The molecule has 0 radical (unpaired) electrons. The zero-order chi connectivity index (χ0) is 18.2. The van der Waals surface area contributed by atoms with E-state index in [1.807, 2.05) is 0 Å². The topological polar surface area (TPSA) is 55.4 Å². The molecule has 1 rings (SSSR count). The lowest BCUT2D eigenvalue weighted by Gasteiger charge is -2.06. The lowest BCUT2D eigenvalue weighted by atomic mass is 10.1. The first-order valence-corrected chi connectivity index (χ1v) is 10.6. The van der Waals surface area contributed by atoms with Crippen LogP contribution in [0.2, 0.25) is 0 Å². The predicted molar refractivity (Wildman–Crippen MR) is 102 cm³/mol. The van der Waals surface area contributed by atoms with Crippen molar-refractivity contribution in [1.29, 1.82) is 0 Å². The fraction of sp³-hybridized carbons (Fsp3) is 0.905. The Kier molecular flexibility index (Phi) is 13.4. The third kappa shape index (κ3) is 14.9. The quantitative estimate of drug-likeness (QED) is 0.291. The van der Waals surface area contributed by atoms with Gasteiger partial charge in [-0.2, -0.15) is 0 Å². The van der Waals surface area contributed by atoms with Gasteiger partial charge in [-0.3, -0.25) is 9.59 Å². The van der Waals surface area contributed by atoms with Crippen molar-refractivity contribution >= 4 is 11.9 Å². The maximum Gasteiger partial charge on any atom is 0.305 e. The molecule has 0 aromatic heterocycles. The summed E-state index contributed by atoms with van der Waals surface area (Å²) in [7, 11) is 0. The van der Waals surface area contributed by atoms with Gasteiger partial charge in [0, 0.05) is 12.8 Å². The Morgan fingerprint density at radius 2 is 1.44 bits per heavy atom. The van der Waals surface area contributed by atoms with Crippen LogP contribution in [0.1, 0.15) is 103 Å². The molecule has 1 aliphatic rings. The average Bonchev–Trinajstić information content (AvgIpc) is 3.40. The molecule has 0 aromatic rings. The van der Waals surface area contributed by atoms with E-state index in [0.29, 0.717) is 31.9 Å². The van der Waals surface area contributed by atoms with Crippen molar-refractivity contribution < 1.29 is 14.3 Å². The monoisotopic (exact) mass is 353 g/mol. The second kappa shape index (κ2) is 15.2. The van der Waals surface area contributed by atoms with E-state index in [4.69, 9.17) is 4.74 Å². The highest BCUT2D eigenvalue weighted by atomic mass is 16.5. The number of rotatable bonds is 17. The van der Waals surface area contributed by atoms with Crippen molar-refractivity contribution in [3.63, 3.8) is 0 Å². The average molecular weight is 354 g/mol. The summed E-state index contributed by atoms with van der Waals surface area (Å²) in [4.78, 5) is 23.1. The minimum atomic E-state index is -0.132. The van der Waals surface area contributed by atoms with E-state index in [0.717, 1.165) is 12.8 Å². The molecule has 0 heterocycles. The Morgan fingerprint density at radius 1 is 0.880 bits per heavy atom. The second-order valence-corrected chi connectivity index (χ2v) is 7.50. The summed E-state index contributed by atoms with van der Waals surface area (Å²) >= 11 is 0. The van der Waals surface area contributed by atoms with Crippen molar-refractivity contribution in [3.05, 3.63) is 0 Å². The van der Waals surface area contributed by atoms with Crippen LogP contribution in [0.4, 0.5) is 0 Å². The maximum atomic E-state index is 11.6. The summed E-state index contributed by atoms with van der Waals surface area (Å²) in [5.74, 6) is 0.555. The van der Waals surface area contributed by atoms with Crippen molar-refractivity contribution in [3.8, 4) is 0 Å². The molecule has 0 atom stereocenters. The largest absolute Gasteiger partial charge is 0.464 e. The van der Waals surface area contributed by atoms with Crippen LogP contribution < -0.4 is 5.32 Å². The molecule has 0 aliphatic heterocycles. The summed E-state index contributed by atoms with van der Waals surface area (Å²) in [5, 5.41) is 2.81. The molecule has 0 spiro atoms. The lowest BCUT2D eigenvalue weighted by molar-refractivity contribution is -0.144. The number of ether oxygens (including phenoxy) is 1. The van der Waals surface area contributed by atoms with E-state index in [-0.39, 0.29) is 11.9 Å². The van der Waals surface area contributed by atoms with Gasteiger partial charge in [0.05, 0.1) is 6.54 Å². The van der Waals surface area contributed by atoms with Gasteiger partial charge in [0.1, 0.15) is 6.61 Å². The number of amides is 1. The Balaban J connectivity index is 1.75. The molecule has 4 heteroatoms. The zero-order valence-corrected chi connectivity index (χ0v) is 16.3. The van der Waals surface area contributed by atoms with Gasteiger partial charge < -0.3 is 10.1 Å². The van der Waals surface area contributed by atoms with E-state index < -0.39 is 0 Å². The molecule has 1 N–H and O–H groups in total. The summed E-state index contributed by atoms with van der Waals surface area (Å²) in [6.07, 6.45) is 17.6. The van der Waals surface area contributed by atoms with Crippen molar-refractivity contribution in [2.45, 2.75) is 103 Å². The Morgan fingerprint density at radius 3 is 2.00 bits per heavy atom. The van der Waals surface area contributed by atoms with Gasteiger partial charge in [0.25, 0.3) is 0 Å². The van der Waals surface area contributed by atoms with Crippen LogP contribution >= 0.6 is 0 Å². The molecular weight excluding hydrogens is 314 g/mol. The van der Waals surface area contributed by atoms with Crippen LogP contribution in [-0.4, -0.2) is 25.0 Å². The fourth-order valence-corrected chi connectivity index (χ4v) is 3.02. The molecule has 0 saturated heterocycles. The van der Waals surface area contributed by atoms with Gasteiger partial charge in [-0.25, -0.2) is 0 Å². The van der Waals surface area contributed by atoms with Crippen LogP contribution in [0.3, 0.4) is 0 Å². The molecule has 1 amide bonds. The molecule has 4 nitrogen and oxygen atoms in total. The fourth-order valence-electron chi connectivity index (χ4n) is 3.02. The Bertz CT molecular complexity index is 353. The zero-order valence-electron chi connectivity index (χ0n) is 16.3. The lowest BCUT2D eigenvalue weighted by Crippen LogP contribution is -2.28. The van der Waals surface area contributed by atoms with Crippen LogP contribution in [0.15, 0.2) is 0 Å². The van der Waals surface area contributed by atoms with E-state index in [1.54, 1.807) is 0 Å². The predicted octanol–water partition coefficient (Wildman–Crippen LogP) is 5.15. The Labute approximate surface area is 154 Å². The molecule has 1 aliphatic carbocycles. The van der Waals surface area contributed by atoms with E-state index in [2.05, 4.69) is 12.2 Å². The van der Waals surface area contributed by atoms with Crippen molar-refractivity contribution in [2.24, 2.45) is 5.92 Å². The molecule has 25 heavy (non-hydrogen) atoms. The van der Waals surface area contributed by atoms with Gasteiger partial charge >= 0.3 is 5.97 Å². The van der Waals surface area contributed by atoms with Gasteiger partial charge in [-0.1, -0.05) is 71.1 Å². The number of carbonyl (C=O) groups excluding carboxylic acids is 2. The molecule has 0 aromatic carbocycles. The minimum Gasteiger partial charge on any atom is -0.464 e. The first-order chi connectivity index (χ1) is 12.2. The number of carbonyl (C=O) groups is 2. The molecule has 0 unspecified atom stereocenters. The third-order valence-corrected chi connectivity index (χ3v) is 4.84. The Hall–Kier alpha value is -1.06. The maximum absolute atomic E-state index is 11.6. The van der Waals surface area contributed by atoms with Crippen molar-refractivity contribution in [2.75, 3.05) is 13.2 Å². The summed E-state index contributed by atoms with van der Waals surface area (Å²) in [6.45, 7) is 2.99. The van der Waals surface area contributed by atoms with Crippen LogP contribution in [0.5, 0.6) is 0 Å². The molecular formula is C21H39NO3. The van der Waals surface area contributed by atoms with E-state index >= 15 is 0 Å². The summed E-state index contributed by atoms with van der Waals surface area (Å²) in [6, 6.07) is 0. The standard InChI is InChI=1S/C21H39NO3/c1-2-3-4-5-6-7-8-9-10-11-12-13-21(24)25-17-16-22-20(23)18-19-14-15-19/h19H,2-18H2,1H3,(H,22,23). The molecule has 1 saturated carbocycles. The van der Waals surface area contributed by atoms with Gasteiger partial charge in [0.2, 0.25) is 5.91 Å². The number of hydrogen-bond donors (Lipinski definition) is 1. The highest BCUT2D eigenvalue weighted by Crippen LogP contribution is 2.31. The number of esters is 1. The number of hydrogen-bond acceptors (Lipinski definition) is 3. The smallest absolute Gasteiger partial charge is 0.305 e. The van der Waals surface area contributed by atoms with Gasteiger partial charge in [-0.15, -0.1) is 0 Å². The van der Waals surface area contributed by atoms with Gasteiger partial charge in [-0.05, 0) is 25.2 Å².